The van der Waals surface area contributed by atoms with E-state index in [0.717, 1.165) is 57.4 Å². The molecule has 2 aromatic heterocycles. The lowest BCUT2D eigenvalue weighted by molar-refractivity contribution is -0.147. The SMILES string of the molecule is COCCC(=O)N1CCC2(CC1)CC(Cc1nc(-c3ccncc3)no1)CCO2. The van der Waals surface area contributed by atoms with E-state index in [9.17, 15) is 4.79 Å². The second kappa shape index (κ2) is 9.00. The fourth-order valence-electron chi connectivity index (χ4n) is 4.37. The van der Waals surface area contributed by atoms with Gasteiger partial charge in [0.2, 0.25) is 17.6 Å². The van der Waals surface area contributed by atoms with Gasteiger partial charge in [0.25, 0.3) is 0 Å². The molecule has 29 heavy (non-hydrogen) atoms. The van der Waals surface area contributed by atoms with Crippen molar-refractivity contribution in [1.82, 2.24) is 20.0 Å². The van der Waals surface area contributed by atoms with Gasteiger partial charge in [-0.05, 0) is 43.7 Å². The predicted molar refractivity (Wildman–Crippen MR) is 105 cm³/mol. The summed E-state index contributed by atoms with van der Waals surface area (Å²) in [5.74, 6) is 1.90. The van der Waals surface area contributed by atoms with E-state index in [1.165, 1.54) is 0 Å². The molecule has 0 aromatic carbocycles. The molecule has 4 heterocycles. The number of ether oxygens (including phenoxy) is 2. The number of nitrogens with zero attached hydrogens (tertiary/aromatic N) is 4. The second-order valence-electron chi connectivity index (χ2n) is 7.97. The van der Waals surface area contributed by atoms with Crippen molar-refractivity contribution in [3.05, 3.63) is 30.4 Å². The van der Waals surface area contributed by atoms with E-state index in [0.29, 0.717) is 30.7 Å². The van der Waals surface area contributed by atoms with Crippen LogP contribution in [0.1, 0.15) is 38.0 Å². The molecule has 1 unspecified atom stereocenters. The fourth-order valence-corrected chi connectivity index (χ4v) is 4.37. The standard InChI is InChI=1S/C21H28N4O4/c1-27-12-5-19(26)25-10-6-21(7-11-25)15-16(4-13-28-21)14-18-23-20(24-29-18)17-2-8-22-9-3-17/h2-3,8-9,16H,4-7,10-15H2,1H3. The Morgan fingerprint density at radius 2 is 2.10 bits per heavy atom. The summed E-state index contributed by atoms with van der Waals surface area (Å²) in [6.45, 7) is 2.72. The van der Waals surface area contributed by atoms with Gasteiger partial charge in [0.15, 0.2) is 0 Å². The zero-order valence-electron chi connectivity index (χ0n) is 16.9. The van der Waals surface area contributed by atoms with Crippen molar-refractivity contribution in [3.63, 3.8) is 0 Å². The number of hydrogen-bond donors (Lipinski definition) is 0. The van der Waals surface area contributed by atoms with Crippen LogP contribution in [-0.2, 0) is 20.7 Å². The van der Waals surface area contributed by atoms with Gasteiger partial charge >= 0.3 is 0 Å². The molecule has 1 amide bonds. The van der Waals surface area contributed by atoms with Crippen LogP contribution in [0.4, 0.5) is 0 Å². The van der Waals surface area contributed by atoms with E-state index in [1.807, 2.05) is 17.0 Å². The maximum Gasteiger partial charge on any atom is 0.227 e. The summed E-state index contributed by atoms with van der Waals surface area (Å²) in [6.07, 6.45) is 8.39. The molecule has 8 heteroatoms. The smallest absolute Gasteiger partial charge is 0.227 e. The Bertz CT molecular complexity index is 802. The molecule has 156 valence electrons. The van der Waals surface area contributed by atoms with Crippen molar-refractivity contribution >= 4 is 5.91 Å². The van der Waals surface area contributed by atoms with E-state index >= 15 is 0 Å². The third-order valence-corrected chi connectivity index (χ3v) is 6.01. The maximum absolute atomic E-state index is 12.2. The summed E-state index contributed by atoms with van der Waals surface area (Å²) in [5, 5.41) is 4.11. The molecule has 2 saturated heterocycles. The number of hydrogen-bond acceptors (Lipinski definition) is 7. The number of piperidine rings is 1. The predicted octanol–water partition coefficient (Wildman–Crippen LogP) is 2.50. The van der Waals surface area contributed by atoms with Crippen LogP contribution in [0.2, 0.25) is 0 Å². The Kier molecular flexibility index (Phi) is 6.20. The highest BCUT2D eigenvalue weighted by Gasteiger charge is 2.41. The molecule has 2 aromatic rings. The van der Waals surface area contributed by atoms with Gasteiger partial charge in [-0.2, -0.15) is 4.98 Å². The third-order valence-electron chi connectivity index (χ3n) is 6.01. The number of pyridine rings is 1. The molecule has 0 radical (unpaired) electrons. The quantitative estimate of drug-likeness (QED) is 0.736. The van der Waals surface area contributed by atoms with Crippen LogP contribution >= 0.6 is 0 Å². The van der Waals surface area contributed by atoms with Gasteiger partial charge in [0.1, 0.15) is 0 Å². The summed E-state index contributed by atoms with van der Waals surface area (Å²) >= 11 is 0. The first kappa shape index (κ1) is 20.0. The average molecular weight is 400 g/mol. The lowest BCUT2D eigenvalue weighted by Crippen LogP contribution is -2.51. The van der Waals surface area contributed by atoms with Crippen molar-refractivity contribution in [2.45, 2.75) is 44.1 Å². The summed E-state index contributed by atoms with van der Waals surface area (Å²) in [6, 6.07) is 3.75. The van der Waals surface area contributed by atoms with Crippen molar-refractivity contribution in [1.29, 1.82) is 0 Å². The summed E-state index contributed by atoms with van der Waals surface area (Å²) in [4.78, 5) is 22.7. The molecular formula is C21H28N4O4. The van der Waals surface area contributed by atoms with Gasteiger partial charge in [-0.15, -0.1) is 0 Å². The summed E-state index contributed by atoms with van der Waals surface area (Å²) in [7, 11) is 1.62. The first-order valence-corrected chi connectivity index (χ1v) is 10.3. The van der Waals surface area contributed by atoms with Gasteiger partial charge in [0.05, 0.1) is 18.6 Å². The Labute approximate surface area is 170 Å². The average Bonchev–Trinajstić information content (AvgIpc) is 3.22. The number of carbonyl (C=O) groups is 1. The zero-order chi connectivity index (χ0) is 20.1. The molecule has 0 bridgehead atoms. The van der Waals surface area contributed by atoms with Gasteiger partial charge in [-0.25, -0.2) is 0 Å². The minimum absolute atomic E-state index is 0.130. The van der Waals surface area contributed by atoms with Crippen molar-refractivity contribution in [2.75, 3.05) is 33.4 Å². The van der Waals surface area contributed by atoms with Crippen molar-refractivity contribution < 1.29 is 18.8 Å². The third kappa shape index (κ3) is 4.82. The highest BCUT2D eigenvalue weighted by molar-refractivity contribution is 5.76. The highest BCUT2D eigenvalue weighted by Crippen LogP contribution is 2.38. The Morgan fingerprint density at radius 1 is 1.31 bits per heavy atom. The topological polar surface area (TPSA) is 90.6 Å². The minimum atomic E-state index is -0.130. The van der Waals surface area contributed by atoms with Gasteiger partial charge in [0, 0.05) is 51.2 Å². The number of amides is 1. The number of methoxy groups -OCH3 is 1. The van der Waals surface area contributed by atoms with Crippen LogP contribution < -0.4 is 0 Å². The Morgan fingerprint density at radius 3 is 2.86 bits per heavy atom. The molecule has 2 fully saturated rings. The first-order chi connectivity index (χ1) is 14.2. The van der Waals surface area contributed by atoms with Crippen LogP contribution in [0.15, 0.2) is 29.0 Å². The van der Waals surface area contributed by atoms with E-state index < -0.39 is 0 Å². The monoisotopic (exact) mass is 400 g/mol. The van der Waals surface area contributed by atoms with Crippen LogP contribution in [0.25, 0.3) is 11.4 Å². The largest absolute Gasteiger partial charge is 0.384 e. The first-order valence-electron chi connectivity index (χ1n) is 10.3. The second-order valence-corrected chi connectivity index (χ2v) is 7.97. The van der Waals surface area contributed by atoms with Crippen molar-refractivity contribution in [3.8, 4) is 11.4 Å². The Balaban J connectivity index is 1.32. The van der Waals surface area contributed by atoms with Crippen molar-refractivity contribution in [2.24, 2.45) is 5.92 Å². The molecule has 2 aliphatic heterocycles. The molecule has 0 aliphatic carbocycles. The van der Waals surface area contributed by atoms with Crippen LogP contribution in [0.5, 0.6) is 0 Å². The Hall–Kier alpha value is -2.32. The van der Waals surface area contributed by atoms with Crippen LogP contribution in [0, 0.1) is 5.92 Å². The lowest BCUT2D eigenvalue weighted by atomic mass is 9.78. The minimum Gasteiger partial charge on any atom is -0.384 e. The van der Waals surface area contributed by atoms with Gasteiger partial charge < -0.3 is 18.9 Å². The summed E-state index contributed by atoms with van der Waals surface area (Å²) < 4.78 is 16.7. The van der Waals surface area contributed by atoms with Crippen LogP contribution in [-0.4, -0.2) is 64.9 Å². The molecular weight excluding hydrogens is 372 g/mol. The van der Waals surface area contributed by atoms with Gasteiger partial charge in [-0.1, -0.05) is 5.16 Å². The molecule has 8 nitrogen and oxygen atoms in total. The molecule has 0 saturated carbocycles. The maximum atomic E-state index is 12.2. The number of aromatic nitrogens is 3. The molecule has 1 spiro atoms. The normalized spacial score (nSPS) is 21.4. The molecule has 0 N–H and O–H groups in total. The molecule has 4 rings (SSSR count). The lowest BCUT2D eigenvalue weighted by Gasteiger charge is -2.46. The van der Waals surface area contributed by atoms with E-state index in [-0.39, 0.29) is 11.5 Å². The highest BCUT2D eigenvalue weighted by atomic mass is 16.5. The summed E-state index contributed by atoms with van der Waals surface area (Å²) in [5.41, 5.74) is 0.776. The fraction of sp³-hybridized carbons (Fsp3) is 0.619. The molecule has 2 aliphatic rings. The number of carbonyl (C=O) groups excluding carboxylic acids is 1. The zero-order valence-corrected chi connectivity index (χ0v) is 16.9. The molecule has 1 atom stereocenters. The van der Waals surface area contributed by atoms with Crippen LogP contribution in [0.3, 0.4) is 0 Å². The number of rotatable bonds is 6. The van der Waals surface area contributed by atoms with E-state index in [2.05, 4.69) is 15.1 Å². The van der Waals surface area contributed by atoms with E-state index in [1.54, 1.807) is 19.5 Å². The van der Waals surface area contributed by atoms with Gasteiger partial charge in [-0.3, -0.25) is 9.78 Å². The van der Waals surface area contributed by atoms with E-state index in [4.69, 9.17) is 14.0 Å². The number of likely N-dealkylation sites (tertiary alicyclic amines) is 1.